The number of carbonyl (C=O) groups is 3. The summed E-state index contributed by atoms with van der Waals surface area (Å²) in [6.07, 6.45) is 1.69. The van der Waals surface area contributed by atoms with Gasteiger partial charge in [-0.05, 0) is 29.3 Å². The number of amides is 1. The van der Waals surface area contributed by atoms with Crippen LogP contribution in [0.2, 0.25) is 5.02 Å². The van der Waals surface area contributed by atoms with E-state index in [-0.39, 0.29) is 12.0 Å². The third-order valence-electron chi connectivity index (χ3n) is 4.17. The van der Waals surface area contributed by atoms with Crippen LogP contribution in [0.1, 0.15) is 16.8 Å². The first-order chi connectivity index (χ1) is 15.4. The van der Waals surface area contributed by atoms with Crippen molar-refractivity contribution < 1.29 is 23.9 Å². The van der Waals surface area contributed by atoms with Gasteiger partial charge in [0.2, 0.25) is 0 Å². The molecule has 0 bridgehead atoms. The molecule has 0 saturated heterocycles. The van der Waals surface area contributed by atoms with Crippen molar-refractivity contribution in [3.05, 3.63) is 81.8 Å². The summed E-state index contributed by atoms with van der Waals surface area (Å²) in [6, 6.07) is 16.0. The largest absolute Gasteiger partial charge is 0.469 e. The predicted molar refractivity (Wildman–Crippen MR) is 123 cm³/mol. The second-order valence-corrected chi connectivity index (χ2v) is 7.79. The molecule has 0 unspecified atom stereocenters. The molecule has 1 heterocycles. The first kappa shape index (κ1) is 23.2. The molecule has 0 aliphatic rings. The highest BCUT2D eigenvalue weighted by Crippen LogP contribution is 2.22. The van der Waals surface area contributed by atoms with Gasteiger partial charge in [0, 0.05) is 10.4 Å². The van der Waals surface area contributed by atoms with Crippen molar-refractivity contribution in [3.8, 4) is 0 Å². The summed E-state index contributed by atoms with van der Waals surface area (Å²) in [7, 11) is 1.29. The van der Waals surface area contributed by atoms with E-state index in [1.807, 2.05) is 30.3 Å². The summed E-state index contributed by atoms with van der Waals surface area (Å²) >= 11 is 7.11. The van der Waals surface area contributed by atoms with E-state index in [1.54, 1.807) is 35.7 Å². The Labute approximate surface area is 193 Å². The number of ether oxygens (including phenoxy) is 2. The zero-order chi connectivity index (χ0) is 22.9. The molecule has 0 radical (unpaired) electrons. The molecule has 7 nitrogen and oxygen atoms in total. The molecule has 2 aromatic carbocycles. The van der Waals surface area contributed by atoms with Crippen molar-refractivity contribution in [1.82, 2.24) is 4.98 Å². The first-order valence-electron chi connectivity index (χ1n) is 9.45. The van der Waals surface area contributed by atoms with Crippen molar-refractivity contribution in [2.45, 2.75) is 6.42 Å². The number of aromatic nitrogens is 1. The number of anilines is 1. The third kappa shape index (κ3) is 6.76. The number of thiazole rings is 1. The highest BCUT2D eigenvalue weighted by molar-refractivity contribution is 7.13. The van der Waals surface area contributed by atoms with E-state index >= 15 is 0 Å². The second-order valence-electron chi connectivity index (χ2n) is 6.50. The number of esters is 2. The average molecular weight is 471 g/mol. The van der Waals surface area contributed by atoms with Crippen LogP contribution in [-0.4, -0.2) is 36.5 Å². The van der Waals surface area contributed by atoms with E-state index in [1.165, 1.54) is 7.11 Å². The van der Waals surface area contributed by atoms with E-state index in [4.69, 9.17) is 16.3 Å². The summed E-state index contributed by atoms with van der Waals surface area (Å²) in [5, 5.41) is 5.02. The summed E-state index contributed by atoms with van der Waals surface area (Å²) in [5.41, 5.74) is 2.18. The van der Waals surface area contributed by atoms with E-state index in [2.05, 4.69) is 15.0 Å². The van der Waals surface area contributed by atoms with Gasteiger partial charge in [0.25, 0.3) is 5.91 Å². The Morgan fingerprint density at radius 3 is 2.50 bits per heavy atom. The fourth-order valence-electron chi connectivity index (χ4n) is 2.64. The molecular formula is C23H19ClN2O5S. The van der Waals surface area contributed by atoms with Gasteiger partial charge in [-0.25, -0.2) is 9.78 Å². The number of halogens is 1. The van der Waals surface area contributed by atoms with Gasteiger partial charge in [-0.15, -0.1) is 11.3 Å². The zero-order valence-electron chi connectivity index (χ0n) is 17.0. The fraction of sp³-hybridized carbons (Fsp3) is 0.130. The summed E-state index contributed by atoms with van der Waals surface area (Å²) in [6.45, 7) is -0.496. The zero-order valence-corrected chi connectivity index (χ0v) is 18.6. The van der Waals surface area contributed by atoms with Gasteiger partial charge in [0.1, 0.15) is 0 Å². The standard InChI is InChI=1S/C23H19ClN2O5S/c1-30-21(28)12-18-14-32-23(25-18)26-20(27)13-31-22(29)19(11-15-5-3-2-4-6-15)16-7-9-17(24)10-8-16/h2-11,14H,12-13H2,1H3,(H,25,26,27)/b19-11+. The third-order valence-corrected chi connectivity index (χ3v) is 5.23. The molecule has 3 rings (SSSR count). The van der Waals surface area contributed by atoms with Crippen molar-refractivity contribution in [3.63, 3.8) is 0 Å². The minimum atomic E-state index is -0.656. The molecule has 0 fully saturated rings. The second kappa shape index (κ2) is 11.2. The summed E-state index contributed by atoms with van der Waals surface area (Å²) in [5.74, 6) is -1.63. The first-order valence-corrected chi connectivity index (χ1v) is 10.7. The van der Waals surface area contributed by atoms with Crippen LogP contribution in [0.4, 0.5) is 5.13 Å². The lowest BCUT2D eigenvalue weighted by Gasteiger charge is -2.09. The lowest BCUT2D eigenvalue weighted by Crippen LogP contribution is -2.21. The molecule has 9 heteroatoms. The Balaban J connectivity index is 1.66. The quantitative estimate of drug-likeness (QED) is 0.300. The molecule has 0 spiro atoms. The Kier molecular flexibility index (Phi) is 8.13. The van der Waals surface area contributed by atoms with Gasteiger partial charge >= 0.3 is 11.9 Å². The Morgan fingerprint density at radius 1 is 1.09 bits per heavy atom. The van der Waals surface area contributed by atoms with Crippen LogP contribution in [0.3, 0.4) is 0 Å². The molecule has 32 heavy (non-hydrogen) atoms. The van der Waals surface area contributed by atoms with Gasteiger partial charge in [-0.1, -0.05) is 54.1 Å². The molecule has 0 atom stereocenters. The number of rotatable bonds is 8. The van der Waals surface area contributed by atoms with E-state index in [0.29, 0.717) is 21.4 Å². The average Bonchev–Trinajstić information content (AvgIpc) is 3.23. The Morgan fingerprint density at radius 2 is 1.81 bits per heavy atom. The van der Waals surface area contributed by atoms with Crippen molar-refractivity contribution >= 4 is 57.6 Å². The van der Waals surface area contributed by atoms with Crippen LogP contribution in [0.5, 0.6) is 0 Å². The molecule has 3 aromatic rings. The SMILES string of the molecule is COC(=O)Cc1csc(NC(=O)COC(=O)/C(=C/c2ccccc2)c2ccc(Cl)cc2)n1. The Hall–Kier alpha value is -3.49. The Bertz CT molecular complexity index is 1130. The number of carbonyl (C=O) groups excluding carboxylic acids is 3. The number of hydrogen-bond acceptors (Lipinski definition) is 7. The molecule has 1 aromatic heterocycles. The molecule has 164 valence electrons. The monoisotopic (exact) mass is 470 g/mol. The van der Waals surface area contributed by atoms with E-state index in [9.17, 15) is 14.4 Å². The van der Waals surface area contributed by atoms with E-state index in [0.717, 1.165) is 16.9 Å². The topological polar surface area (TPSA) is 94.6 Å². The van der Waals surface area contributed by atoms with Gasteiger partial charge in [0.05, 0.1) is 24.8 Å². The maximum atomic E-state index is 12.8. The van der Waals surface area contributed by atoms with Crippen LogP contribution < -0.4 is 5.32 Å². The van der Waals surface area contributed by atoms with Crippen LogP contribution >= 0.6 is 22.9 Å². The van der Waals surface area contributed by atoms with Gasteiger partial charge in [-0.3, -0.25) is 14.9 Å². The highest BCUT2D eigenvalue weighted by Gasteiger charge is 2.17. The van der Waals surface area contributed by atoms with Gasteiger partial charge in [0.15, 0.2) is 11.7 Å². The number of benzene rings is 2. The van der Waals surface area contributed by atoms with Crippen molar-refractivity contribution in [2.75, 3.05) is 19.0 Å². The van der Waals surface area contributed by atoms with Gasteiger partial charge < -0.3 is 9.47 Å². The summed E-state index contributed by atoms with van der Waals surface area (Å²) < 4.78 is 9.82. The maximum absolute atomic E-state index is 12.8. The highest BCUT2D eigenvalue weighted by atomic mass is 35.5. The normalized spacial score (nSPS) is 11.0. The summed E-state index contributed by atoms with van der Waals surface area (Å²) in [4.78, 5) is 40.4. The van der Waals surface area contributed by atoms with Crippen LogP contribution in [0, 0.1) is 0 Å². The molecule has 1 amide bonds. The molecule has 0 saturated carbocycles. The lowest BCUT2D eigenvalue weighted by molar-refractivity contribution is -0.141. The molecule has 0 aliphatic carbocycles. The molecule has 0 aliphatic heterocycles. The smallest absolute Gasteiger partial charge is 0.339 e. The van der Waals surface area contributed by atoms with Crippen molar-refractivity contribution in [1.29, 1.82) is 0 Å². The number of nitrogens with one attached hydrogen (secondary N) is 1. The number of nitrogens with zero attached hydrogens (tertiary/aromatic N) is 1. The number of hydrogen-bond donors (Lipinski definition) is 1. The fourth-order valence-corrected chi connectivity index (χ4v) is 3.49. The minimum Gasteiger partial charge on any atom is -0.469 e. The maximum Gasteiger partial charge on any atom is 0.339 e. The predicted octanol–water partition coefficient (Wildman–Crippen LogP) is 4.23. The van der Waals surface area contributed by atoms with Crippen LogP contribution in [0.25, 0.3) is 11.6 Å². The van der Waals surface area contributed by atoms with Crippen LogP contribution in [-0.2, 0) is 30.3 Å². The minimum absolute atomic E-state index is 0.00654. The number of methoxy groups -OCH3 is 1. The van der Waals surface area contributed by atoms with Gasteiger partial charge in [-0.2, -0.15) is 0 Å². The van der Waals surface area contributed by atoms with E-state index < -0.39 is 24.5 Å². The molecule has 1 N–H and O–H groups in total. The van der Waals surface area contributed by atoms with Crippen LogP contribution in [0.15, 0.2) is 60.0 Å². The lowest BCUT2D eigenvalue weighted by atomic mass is 10.0. The van der Waals surface area contributed by atoms with Crippen molar-refractivity contribution in [2.24, 2.45) is 0 Å². The molecular weight excluding hydrogens is 452 g/mol.